The van der Waals surface area contributed by atoms with E-state index in [0.29, 0.717) is 23.4 Å². The summed E-state index contributed by atoms with van der Waals surface area (Å²) in [5, 5.41) is 6.09. The Labute approximate surface area is 183 Å². The SMILES string of the molecule is Cc1ccc(-c2ccc(=O)n(CC(=O)Nc3cc(C(F)(F)F)cc(C(F)(F)F)c3)n2)c(C)c1. The van der Waals surface area contributed by atoms with Gasteiger partial charge in [-0.2, -0.15) is 31.4 Å². The number of alkyl halides is 6. The van der Waals surface area contributed by atoms with Crippen LogP contribution in [0.1, 0.15) is 22.3 Å². The van der Waals surface area contributed by atoms with E-state index in [1.54, 1.807) is 6.07 Å². The minimum Gasteiger partial charge on any atom is -0.324 e. The van der Waals surface area contributed by atoms with Crippen LogP contribution in [0.3, 0.4) is 0 Å². The van der Waals surface area contributed by atoms with Crippen LogP contribution in [0, 0.1) is 13.8 Å². The van der Waals surface area contributed by atoms with Crippen LogP contribution in [0.25, 0.3) is 11.3 Å². The Bertz CT molecular complexity index is 1230. The van der Waals surface area contributed by atoms with Crippen molar-refractivity contribution in [2.45, 2.75) is 32.7 Å². The molecule has 0 saturated carbocycles. The standard InChI is InChI=1S/C22H17F6N3O2/c1-12-3-4-17(13(2)7-12)18-5-6-20(33)31(30-18)11-19(32)29-16-9-14(21(23,24)25)8-15(10-16)22(26,27)28/h3-10H,11H2,1-2H3,(H,29,32). The molecule has 3 aromatic rings. The molecule has 1 N–H and O–H groups in total. The molecule has 3 rings (SSSR count). The number of carbonyl (C=O) groups excluding carboxylic acids is 1. The van der Waals surface area contributed by atoms with E-state index in [0.717, 1.165) is 15.8 Å². The lowest BCUT2D eigenvalue weighted by molar-refractivity contribution is -0.143. The maximum Gasteiger partial charge on any atom is 0.416 e. The molecular formula is C22H17F6N3O2. The maximum atomic E-state index is 13.0. The number of amides is 1. The Morgan fingerprint density at radius 2 is 1.52 bits per heavy atom. The number of aromatic nitrogens is 2. The van der Waals surface area contributed by atoms with Crippen LogP contribution in [0.5, 0.6) is 0 Å². The molecule has 0 unspecified atom stereocenters. The Kier molecular flexibility index (Phi) is 6.35. The number of aryl methyl sites for hydroxylation is 2. The van der Waals surface area contributed by atoms with Gasteiger partial charge in [0.1, 0.15) is 6.54 Å². The van der Waals surface area contributed by atoms with E-state index in [4.69, 9.17) is 0 Å². The van der Waals surface area contributed by atoms with Gasteiger partial charge in [-0.05, 0) is 43.7 Å². The van der Waals surface area contributed by atoms with Crippen molar-refractivity contribution < 1.29 is 31.1 Å². The highest BCUT2D eigenvalue weighted by Gasteiger charge is 2.37. The highest BCUT2D eigenvalue weighted by molar-refractivity contribution is 5.90. The molecule has 0 fully saturated rings. The van der Waals surface area contributed by atoms with E-state index >= 15 is 0 Å². The molecule has 174 valence electrons. The van der Waals surface area contributed by atoms with Crippen LogP contribution in [0.4, 0.5) is 32.0 Å². The Morgan fingerprint density at radius 1 is 0.909 bits per heavy atom. The lowest BCUT2D eigenvalue weighted by atomic mass is 10.0. The number of halogens is 6. The summed E-state index contributed by atoms with van der Waals surface area (Å²) in [7, 11) is 0. The second-order valence-corrected chi connectivity index (χ2v) is 7.38. The molecule has 5 nitrogen and oxygen atoms in total. The fourth-order valence-corrected chi connectivity index (χ4v) is 3.17. The van der Waals surface area contributed by atoms with E-state index in [1.165, 1.54) is 12.1 Å². The second kappa shape index (κ2) is 8.72. The number of hydrogen-bond acceptors (Lipinski definition) is 3. The first-order valence-corrected chi connectivity index (χ1v) is 9.49. The minimum atomic E-state index is -5.06. The van der Waals surface area contributed by atoms with Gasteiger partial charge >= 0.3 is 12.4 Å². The summed E-state index contributed by atoms with van der Waals surface area (Å²) in [6.07, 6.45) is -10.1. The van der Waals surface area contributed by atoms with Gasteiger partial charge < -0.3 is 5.32 Å². The van der Waals surface area contributed by atoms with Crippen LogP contribution in [-0.2, 0) is 23.7 Å². The first-order valence-electron chi connectivity index (χ1n) is 9.49. The lowest BCUT2D eigenvalue weighted by Crippen LogP contribution is -2.29. The van der Waals surface area contributed by atoms with Crippen LogP contribution >= 0.6 is 0 Å². The van der Waals surface area contributed by atoms with Gasteiger partial charge in [0.2, 0.25) is 5.91 Å². The number of rotatable bonds is 4. The third-order valence-corrected chi connectivity index (χ3v) is 4.69. The topological polar surface area (TPSA) is 64.0 Å². The Morgan fingerprint density at radius 3 is 2.06 bits per heavy atom. The number of benzene rings is 2. The first-order chi connectivity index (χ1) is 15.2. The van der Waals surface area contributed by atoms with Crippen molar-refractivity contribution in [3.8, 4) is 11.3 Å². The quantitative estimate of drug-likeness (QED) is 0.534. The molecule has 2 aromatic carbocycles. The fraction of sp³-hybridized carbons (Fsp3) is 0.227. The molecule has 0 aliphatic rings. The highest BCUT2D eigenvalue weighted by atomic mass is 19.4. The smallest absolute Gasteiger partial charge is 0.324 e. The summed E-state index contributed by atoms with van der Waals surface area (Å²) in [5.41, 5.74) is -1.58. The van der Waals surface area contributed by atoms with Crippen molar-refractivity contribution in [3.63, 3.8) is 0 Å². The number of nitrogens with zero attached hydrogens (tertiary/aromatic N) is 2. The molecule has 1 amide bonds. The van der Waals surface area contributed by atoms with E-state index < -0.39 is 47.2 Å². The third-order valence-electron chi connectivity index (χ3n) is 4.69. The minimum absolute atomic E-state index is 0.0465. The predicted molar refractivity (Wildman–Crippen MR) is 108 cm³/mol. The average molecular weight is 469 g/mol. The van der Waals surface area contributed by atoms with Crippen molar-refractivity contribution in [1.82, 2.24) is 9.78 Å². The molecule has 11 heteroatoms. The number of nitrogens with one attached hydrogen (secondary N) is 1. The number of anilines is 1. The van der Waals surface area contributed by atoms with Crippen molar-refractivity contribution in [2.75, 3.05) is 5.32 Å². The molecular weight excluding hydrogens is 452 g/mol. The van der Waals surface area contributed by atoms with Gasteiger partial charge in [0.05, 0.1) is 16.8 Å². The summed E-state index contributed by atoms with van der Waals surface area (Å²) in [5.74, 6) is -1.02. The zero-order chi connectivity index (χ0) is 24.6. The highest BCUT2D eigenvalue weighted by Crippen LogP contribution is 2.37. The molecule has 0 radical (unpaired) electrons. The molecule has 0 aliphatic carbocycles. The average Bonchev–Trinajstić information content (AvgIpc) is 2.68. The van der Waals surface area contributed by atoms with Crippen molar-refractivity contribution in [1.29, 1.82) is 0 Å². The maximum absolute atomic E-state index is 13.0. The molecule has 1 heterocycles. The molecule has 1 aromatic heterocycles. The summed E-state index contributed by atoms with van der Waals surface area (Å²) in [6, 6.07) is 8.85. The zero-order valence-corrected chi connectivity index (χ0v) is 17.3. The van der Waals surface area contributed by atoms with Gasteiger partial charge in [-0.15, -0.1) is 0 Å². The Hall–Kier alpha value is -3.63. The van der Waals surface area contributed by atoms with Crippen molar-refractivity contribution >= 4 is 11.6 Å². The van der Waals surface area contributed by atoms with Gasteiger partial charge in [-0.25, -0.2) is 4.68 Å². The molecule has 0 spiro atoms. The third kappa shape index (κ3) is 5.79. The van der Waals surface area contributed by atoms with Gasteiger partial charge in [-0.3, -0.25) is 9.59 Å². The number of hydrogen-bond donors (Lipinski definition) is 1. The summed E-state index contributed by atoms with van der Waals surface area (Å²) in [4.78, 5) is 24.5. The van der Waals surface area contributed by atoms with E-state index in [1.807, 2.05) is 31.3 Å². The Balaban J connectivity index is 1.89. The van der Waals surface area contributed by atoms with E-state index in [-0.39, 0.29) is 6.07 Å². The van der Waals surface area contributed by atoms with Crippen LogP contribution in [0.15, 0.2) is 53.3 Å². The van der Waals surface area contributed by atoms with Crippen molar-refractivity contribution in [2.24, 2.45) is 0 Å². The largest absolute Gasteiger partial charge is 0.416 e. The molecule has 0 aliphatic heterocycles. The lowest BCUT2D eigenvalue weighted by Gasteiger charge is -2.15. The molecule has 0 bridgehead atoms. The zero-order valence-electron chi connectivity index (χ0n) is 17.3. The van der Waals surface area contributed by atoms with Gasteiger partial charge in [0, 0.05) is 17.3 Å². The van der Waals surface area contributed by atoms with Crippen LogP contribution in [0.2, 0.25) is 0 Å². The predicted octanol–water partition coefficient (Wildman–Crippen LogP) is 5.20. The van der Waals surface area contributed by atoms with Crippen molar-refractivity contribution in [3.05, 3.63) is 81.1 Å². The fourth-order valence-electron chi connectivity index (χ4n) is 3.17. The first kappa shape index (κ1) is 24.0. The van der Waals surface area contributed by atoms with Crippen LogP contribution < -0.4 is 10.9 Å². The second-order valence-electron chi connectivity index (χ2n) is 7.38. The summed E-state index contributed by atoms with van der Waals surface area (Å²) >= 11 is 0. The monoisotopic (exact) mass is 469 g/mol. The summed E-state index contributed by atoms with van der Waals surface area (Å²) < 4.78 is 78.8. The van der Waals surface area contributed by atoms with Crippen LogP contribution in [-0.4, -0.2) is 15.7 Å². The molecule has 0 saturated heterocycles. The van der Waals surface area contributed by atoms with Gasteiger partial charge in [-0.1, -0.05) is 23.8 Å². The number of carbonyl (C=O) groups is 1. The van der Waals surface area contributed by atoms with E-state index in [2.05, 4.69) is 5.10 Å². The van der Waals surface area contributed by atoms with Gasteiger partial charge in [0.25, 0.3) is 5.56 Å². The summed E-state index contributed by atoms with van der Waals surface area (Å²) in [6.45, 7) is 3.01. The molecule has 33 heavy (non-hydrogen) atoms. The molecule has 0 atom stereocenters. The van der Waals surface area contributed by atoms with E-state index in [9.17, 15) is 35.9 Å². The normalized spacial score (nSPS) is 12.0. The van der Waals surface area contributed by atoms with Gasteiger partial charge in [0.15, 0.2) is 0 Å².